The van der Waals surface area contributed by atoms with E-state index in [0.29, 0.717) is 17.9 Å². The molecule has 3 aromatic rings. The Bertz CT molecular complexity index is 1270. The van der Waals surface area contributed by atoms with Crippen LogP contribution in [-0.2, 0) is 21.2 Å². The fraction of sp³-hybridized carbons (Fsp3) is 0.231. The summed E-state index contributed by atoms with van der Waals surface area (Å²) in [7, 11) is -3.26. The number of nitrogens with zero attached hydrogens (tertiary/aromatic N) is 1. The Labute approximate surface area is 204 Å². The molecule has 1 N–H and O–H groups in total. The van der Waals surface area contributed by atoms with Gasteiger partial charge in [-0.3, -0.25) is 9.59 Å². The number of carbonyl (C=O) groups excluding carboxylic acids is 2. The fourth-order valence-electron chi connectivity index (χ4n) is 3.85. The zero-order chi connectivity index (χ0) is 24.3. The number of sulfone groups is 1. The van der Waals surface area contributed by atoms with Crippen LogP contribution in [0.2, 0.25) is 0 Å². The van der Waals surface area contributed by atoms with Gasteiger partial charge in [-0.25, -0.2) is 8.42 Å². The number of benzene rings is 3. The summed E-state index contributed by atoms with van der Waals surface area (Å²) in [4.78, 5) is 27.4. The second kappa shape index (κ2) is 10.0. The lowest BCUT2D eigenvalue weighted by molar-refractivity contribution is -0.128. The Balaban J connectivity index is 1.42. The summed E-state index contributed by atoms with van der Waals surface area (Å²) in [5, 5.41) is 2.86. The average molecular weight is 495 g/mol. The van der Waals surface area contributed by atoms with Crippen molar-refractivity contribution in [1.29, 1.82) is 0 Å². The minimum atomic E-state index is -3.26. The zero-order valence-corrected chi connectivity index (χ0v) is 20.6. The van der Waals surface area contributed by atoms with Crippen LogP contribution in [0.4, 0.5) is 0 Å². The summed E-state index contributed by atoms with van der Waals surface area (Å²) in [5.41, 5.74) is 3.40. The zero-order valence-electron chi connectivity index (χ0n) is 19.0. The van der Waals surface area contributed by atoms with Crippen LogP contribution in [0.25, 0.3) is 0 Å². The first-order chi connectivity index (χ1) is 16.2. The van der Waals surface area contributed by atoms with E-state index in [-0.39, 0.29) is 28.1 Å². The van der Waals surface area contributed by atoms with Gasteiger partial charge >= 0.3 is 0 Å². The second-order valence-corrected chi connectivity index (χ2v) is 11.4. The number of amides is 2. The molecule has 1 fully saturated rings. The van der Waals surface area contributed by atoms with Gasteiger partial charge < -0.3 is 10.2 Å². The molecule has 1 heterocycles. The van der Waals surface area contributed by atoms with Crippen LogP contribution in [0.1, 0.15) is 45.4 Å². The van der Waals surface area contributed by atoms with E-state index in [2.05, 4.69) is 5.32 Å². The standard InChI is InChI=1S/C26H26N2O4S2/c1-18(20-12-14-23(15-13-20)34(2,31)32)27-25(30)21-8-10-22(11-9-21)26-28(24(29)17-33-26)16-19-6-4-3-5-7-19/h3-15,18,26H,16-17H2,1-2H3,(H,27,30)/t18-,26+/m0/s1. The van der Waals surface area contributed by atoms with Crippen molar-refractivity contribution in [3.63, 3.8) is 0 Å². The van der Waals surface area contributed by atoms with Crippen molar-refractivity contribution in [2.24, 2.45) is 0 Å². The van der Waals surface area contributed by atoms with Crippen molar-refractivity contribution in [1.82, 2.24) is 10.2 Å². The monoisotopic (exact) mass is 494 g/mol. The van der Waals surface area contributed by atoms with E-state index in [0.717, 1.165) is 22.9 Å². The van der Waals surface area contributed by atoms with Crippen molar-refractivity contribution < 1.29 is 18.0 Å². The highest BCUT2D eigenvalue weighted by Crippen LogP contribution is 2.39. The molecule has 2 amide bonds. The van der Waals surface area contributed by atoms with Crippen LogP contribution in [0.3, 0.4) is 0 Å². The van der Waals surface area contributed by atoms with Crippen LogP contribution < -0.4 is 5.32 Å². The highest BCUT2D eigenvalue weighted by Gasteiger charge is 2.32. The summed E-state index contributed by atoms with van der Waals surface area (Å²) < 4.78 is 23.3. The van der Waals surface area contributed by atoms with Gasteiger partial charge in [0.05, 0.1) is 16.7 Å². The molecule has 0 aromatic heterocycles. The molecule has 6 nitrogen and oxygen atoms in total. The first kappa shape index (κ1) is 24.0. The Morgan fingerprint density at radius 3 is 2.29 bits per heavy atom. The van der Waals surface area contributed by atoms with E-state index < -0.39 is 9.84 Å². The van der Waals surface area contributed by atoms with Gasteiger partial charge in [0, 0.05) is 18.4 Å². The lowest BCUT2D eigenvalue weighted by Gasteiger charge is -2.24. The molecule has 176 valence electrons. The third kappa shape index (κ3) is 5.51. The molecule has 4 rings (SSSR count). The second-order valence-electron chi connectivity index (χ2n) is 8.33. The predicted octanol–water partition coefficient (Wildman–Crippen LogP) is 4.36. The lowest BCUT2D eigenvalue weighted by Crippen LogP contribution is -2.28. The van der Waals surface area contributed by atoms with Crippen LogP contribution in [0.5, 0.6) is 0 Å². The number of thioether (sulfide) groups is 1. The van der Waals surface area contributed by atoms with E-state index >= 15 is 0 Å². The molecule has 0 spiro atoms. The molecule has 0 saturated carbocycles. The quantitative estimate of drug-likeness (QED) is 0.528. The van der Waals surface area contributed by atoms with Crippen molar-refractivity contribution in [3.05, 3.63) is 101 Å². The van der Waals surface area contributed by atoms with Gasteiger partial charge in [0.15, 0.2) is 9.84 Å². The Morgan fingerprint density at radius 2 is 1.68 bits per heavy atom. The van der Waals surface area contributed by atoms with Gasteiger partial charge in [-0.1, -0.05) is 54.6 Å². The summed E-state index contributed by atoms with van der Waals surface area (Å²) in [6.07, 6.45) is 1.16. The Kier molecular flexibility index (Phi) is 7.09. The predicted molar refractivity (Wildman–Crippen MR) is 134 cm³/mol. The van der Waals surface area contributed by atoms with E-state index in [9.17, 15) is 18.0 Å². The Hall–Kier alpha value is -3.10. The van der Waals surface area contributed by atoms with Crippen LogP contribution in [-0.4, -0.2) is 37.1 Å². The Morgan fingerprint density at radius 1 is 1.03 bits per heavy atom. The van der Waals surface area contributed by atoms with Gasteiger partial charge in [-0.05, 0) is 47.9 Å². The summed E-state index contributed by atoms with van der Waals surface area (Å²) in [6.45, 7) is 2.40. The van der Waals surface area contributed by atoms with E-state index in [1.165, 1.54) is 0 Å². The molecular weight excluding hydrogens is 468 g/mol. The normalized spacial score (nSPS) is 16.9. The maximum Gasteiger partial charge on any atom is 0.251 e. The summed E-state index contributed by atoms with van der Waals surface area (Å²) in [5.74, 6) is 0.328. The van der Waals surface area contributed by atoms with Crippen molar-refractivity contribution in [2.45, 2.75) is 29.8 Å². The maximum atomic E-state index is 12.8. The third-order valence-electron chi connectivity index (χ3n) is 5.78. The lowest BCUT2D eigenvalue weighted by atomic mass is 10.1. The third-order valence-corrected chi connectivity index (χ3v) is 8.16. The number of nitrogens with one attached hydrogen (secondary N) is 1. The van der Waals surface area contributed by atoms with Crippen LogP contribution in [0, 0.1) is 0 Å². The topological polar surface area (TPSA) is 83.6 Å². The molecule has 0 radical (unpaired) electrons. The van der Waals surface area contributed by atoms with Gasteiger partial charge in [-0.2, -0.15) is 0 Å². The van der Waals surface area contributed by atoms with Crippen molar-refractivity contribution >= 4 is 33.4 Å². The first-order valence-electron chi connectivity index (χ1n) is 10.9. The van der Waals surface area contributed by atoms with E-state index in [4.69, 9.17) is 0 Å². The molecule has 1 saturated heterocycles. The summed E-state index contributed by atoms with van der Waals surface area (Å²) in [6, 6.07) is 23.5. The van der Waals surface area contributed by atoms with E-state index in [1.807, 2.05) is 54.3 Å². The van der Waals surface area contributed by atoms with Gasteiger partial charge in [0.25, 0.3) is 5.91 Å². The largest absolute Gasteiger partial charge is 0.346 e. The molecule has 34 heavy (non-hydrogen) atoms. The number of hydrogen-bond donors (Lipinski definition) is 1. The fourth-order valence-corrected chi connectivity index (χ4v) is 5.67. The molecule has 0 bridgehead atoms. The van der Waals surface area contributed by atoms with Crippen molar-refractivity contribution in [2.75, 3.05) is 12.0 Å². The molecule has 3 aromatic carbocycles. The van der Waals surface area contributed by atoms with Gasteiger partial charge in [0.2, 0.25) is 5.91 Å². The minimum Gasteiger partial charge on any atom is -0.346 e. The summed E-state index contributed by atoms with van der Waals surface area (Å²) >= 11 is 1.59. The van der Waals surface area contributed by atoms with Gasteiger partial charge in [-0.15, -0.1) is 11.8 Å². The smallest absolute Gasteiger partial charge is 0.251 e. The first-order valence-corrected chi connectivity index (χ1v) is 13.8. The molecule has 1 aliphatic heterocycles. The maximum absolute atomic E-state index is 12.8. The number of rotatable bonds is 7. The highest BCUT2D eigenvalue weighted by atomic mass is 32.2. The van der Waals surface area contributed by atoms with E-state index in [1.54, 1.807) is 48.2 Å². The molecule has 2 atom stereocenters. The number of carbonyl (C=O) groups is 2. The number of hydrogen-bond acceptors (Lipinski definition) is 5. The molecular formula is C26H26N2O4S2. The molecule has 8 heteroatoms. The minimum absolute atomic E-state index is 0.0860. The van der Waals surface area contributed by atoms with Crippen LogP contribution >= 0.6 is 11.8 Å². The van der Waals surface area contributed by atoms with Crippen molar-refractivity contribution in [3.8, 4) is 0 Å². The average Bonchev–Trinajstić information content (AvgIpc) is 3.19. The molecule has 0 aliphatic carbocycles. The van der Waals surface area contributed by atoms with Crippen LogP contribution in [0.15, 0.2) is 83.8 Å². The SMILES string of the molecule is C[C@H](NC(=O)c1ccc([C@H]2SCC(=O)N2Cc2ccccc2)cc1)c1ccc(S(C)(=O)=O)cc1. The highest BCUT2D eigenvalue weighted by molar-refractivity contribution is 8.00. The molecule has 1 aliphatic rings. The molecule has 0 unspecified atom stereocenters. The van der Waals surface area contributed by atoms with Gasteiger partial charge in [0.1, 0.15) is 5.37 Å².